The van der Waals surface area contributed by atoms with E-state index >= 15 is 0 Å². The second kappa shape index (κ2) is 8.70. The number of nitrogens with one attached hydrogen (secondary N) is 1. The molecule has 0 atom stereocenters. The third-order valence-corrected chi connectivity index (χ3v) is 6.26. The van der Waals surface area contributed by atoms with Crippen LogP contribution in [0.2, 0.25) is 0 Å². The van der Waals surface area contributed by atoms with Gasteiger partial charge >= 0.3 is 0 Å². The number of carbonyl (C=O) groups is 1. The fourth-order valence-corrected chi connectivity index (χ4v) is 4.82. The van der Waals surface area contributed by atoms with Gasteiger partial charge in [-0.05, 0) is 37.8 Å². The number of nitrogens with zero attached hydrogens (tertiary/aromatic N) is 1. The first kappa shape index (κ1) is 19.5. The number of carbonyl (C=O) groups excluding carboxylic acids is 1. The Labute approximate surface area is 167 Å². The van der Waals surface area contributed by atoms with Gasteiger partial charge in [0.05, 0.1) is 13.2 Å². The second-order valence-corrected chi connectivity index (χ2v) is 8.37. The van der Waals surface area contributed by atoms with E-state index in [0.717, 1.165) is 55.7 Å². The summed E-state index contributed by atoms with van der Waals surface area (Å²) in [7, 11) is 0. The zero-order chi connectivity index (χ0) is 19.4. The van der Waals surface area contributed by atoms with Gasteiger partial charge < -0.3 is 19.9 Å². The lowest BCUT2D eigenvalue weighted by atomic mass is 9.94. The molecule has 6 heteroatoms. The van der Waals surface area contributed by atoms with Crippen molar-refractivity contribution in [2.75, 3.05) is 25.0 Å². The van der Waals surface area contributed by atoms with E-state index in [4.69, 9.17) is 9.47 Å². The summed E-state index contributed by atoms with van der Waals surface area (Å²) in [5.41, 5.74) is 0.729. The topological polar surface area (TPSA) is 71.0 Å². The van der Waals surface area contributed by atoms with E-state index < -0.39 is 5.79 Å². The van der Waals surface area contributed by atoms with Crippen molar-refractivity contribution in [3.05, 3.63) is 18.2 Å². The highest BCUT2D eigenvalue weighted by atomic mass is 16.7. The summed E-state index contributed by atoms with van der Waals surface area (Å²) in [5.74, 6) is 0.941. The van der Waals surface area contributed by atoms with E-state index in [1.807, 2.05) is 18.2 Å². The number of aliphatic hydroxyl groups excluding tert-OH is 1. The van der Waals surface area contributed by atoms with E-state index in [1.165, 1.54) is 25.7 Å². The van der Waals surface area contributed by atoms with E-state index in [2.05, 4.69) is 10.2 Å². The average molecular weight is 389 g/mol. The van der Waals surface area contributed by atoms with Crippen LogP contribution in [-0.2, 0) is 4.79 Å². The van der Waals surface area contributed by atoms with Crippen LogP contribution in [0.4, 0.5) is 5.69 Å². The summed E-state index contributed by atoms with van der Waals surface area (Å²) in [6.45, 7) is 0.932. The largest absolute Gasteiger partial charge is 0.448 e. The number of amides is 1. The van der Waals surface area contributed by atoms with Gasteiger partial charge in [0.2, 0.25) is 5.91 Å². The third kappa shape index (κ3) is 4.44. The Balaban J connectivity index is 1.36. The lowest BCUT2D eigenvalue weighted by Gasteiger charge is -2.33. The van der Waals surface area contributed by atoms with Crippen LogP contribution in [0.1, 0.15) is 64.2 Å². The highest BCUT2D eigenvalue weighted by molar-refractivity contribution is 5.92. The molecule has 1 amide bonds. The minimum atomic E-state index is -0.498. The van der Waals surface area contributed by atoms with E-state index in [1.54, 1.807) is 0 Å². The molecule has 0 saturated heterocycles. The molecule has 0 aromatic heterocycles. The Morgan fingerprint density at radius 3 is 2.54 bits per heavy atom. The van der Waals surface area contributed by atoms with Crippen LogP contribution in [-0.4, -0.2) is 47.4 Å². The van der Waals surface area contributed by atoms with Crippen molar-refractivity contribution in [1.82, 2.24) is 4.90 Å². The van der Waals surface area contributed by atoms with Gasteiger partial charge in [-0.3, -0.25) is 9.69 Å². The molecule has 0 bridgehead atoms. The highest BCUT2D eigenvalue weighted by Gasteiger charge is 2.42. The Bertz CT molecular complexity index is 681. The maximum atomic E-state index is 12.6. The summed E-state index contributed by atoms with van der Waals surface area (Å²) in [6, 6.07) is 6.03. The predicted molar refractivity (Wildman–Crippen MR) is 108 cm³/mol. The first-order chi connectivity index (χ1) is 13.7. The number of hydrogen-bond acceptors (Lipinski definition) is 5. The molecule has 2 aliphatic carbocycles. The standard InChI is InChI=1S/C22H32N2O4/c25-14-13-24(18-7-3-1-4-8-18)16-21(26)23-17-9-10-19-20(15-17)28-22(27-19)11-5-2-6-12-22/h9-10,15,18,25H,1-8,11-14,16H2,(H,23,26). The molecule has 1 heterocycles. The molecule has 2 fully saturated rings. The SMILES string of the molecule is O=C(CN(CCO)C1CCCCC1)Nc1ccc2c(c1)OC1(CCCCC1)O2. The smallest absolute Gasteiger partial charge is 0.251 e. The summed E-state index contributed by atoms with van der Waals surface area (Å²) in [6.07, 6.45) is 11.2. The lowest BCUT2D eigenvalue weighted by molar-refractivity contribution is -0.118. The molecule has 2 N–H and O–H groups in total. The zero-order valence-electron chi connectivity index (χ0n) is 16.6. The van der Waals surface area contributed by atoms with E-state index in [0.29, 0.717) is 19.1 Å². The number of anilines is 1. The van der Waals surface area contributed by atoms with Crippen LogP contribution in [0.3, 0.4) is 0 Å². The van der Waals surface area contributed by atoms with Crippen molar-refractivity contribution in [2.24, 2.45) is 0 Å². The fourth-order valence-electron chi connectivity index (χ4n) is 4.82. The first-order valence-electron chi connectivity index (χ1n) is 10.8. The van der Waals surface area contributed by atoms with Crippen LogP contribution in [0, 0.1) is 0 Å². The van der Waals surface area contributed by atoms with Crippen LogP contribution >= 0.6 is 0 Å². The molecule has 0 radical (unpaired) electrons. The normalized spacial score (nSPS) is 21.2. The number of rotatable bonds is 6. The molecule has 3 aliphatic rings. The van der Waals surface area contributed by atoms with Gasteiger partial charge in [-0.25, -0.2) is 0 Å². The number of hydrogen-bond donors (Lipinski definition) is 2. The van der Waals surface area contributed by atoms with Gasteiger partial charge in [-0.1, -0.05) is 25.7 Å². The van der Waals surface area contributed by atoms with Gasteiger partial charge in [-0.2, -0.15) is 0 Å². The molecule has 4 rings (SSSR count). The molecular formula is C22H32N2O4. The highest BCUT2D eigenvalue weighted by Crippen LogP contribution is 2.46. The molecule has 6 nitrogen and oxygen atoms in total. The van der Waals surface area contributed by atoms with Crippen LogP contribution in [0.5, 0.6) is 11.5 Å². The third-order valence-electron chi connectivity index (χ3n) is 6.26. The minimum absolute atomic E-state index is 0.0507. The zero-order valence-corrected chi connectivity index (χ0v) is 16.6. The van der Waals surface area contributed by atoms with Crippen molar-refractivity contribution in [2.45, 2.75) is 76.0 Å². The molecular weight excluding hydrogens is 356 g/mol. The van der Waals surface area contributed by atoms with Crippen molar-refractivity contribution < 1.29 is 19.4 Å². The molecule has 1 aromatic carbocycles. The van der Waals surface area contributed by atoms with Crippen molar-refractivity contribution in [3.8, 4) is 11.5 Å². The predicted octanol–water partition coefficient (Wildman–Crippen LogP) is 3.68. The van der Waals surface area contributed by atoms with Gasteiger partial charge in [-0.15, -0.1) is 0 Å². The average Bonchev–Trinajstić information content (AvgIpc) is 3.05. The molecule has 2 saturated carbocycles. The summed E-state index contributed by atoms with van der Waals surface area (Å²) >= 11 is 0. The Morgan fingerprint density at radius 1 is 1.07 bits per heavy atom. The Kier molecular flexibility index (Phi) is 6.07. The van der Waals surface area contributed by atoms with Gasteiger partial charge in [0.1, 0.15) is 0 Å². The van der Waals surface area contributed by atoms with Crippen molar-refractivity contribution in [3.63, 3.8) is 0 Å². The first-order valence-corrected chi connectivity index (χ1v) is 10.8. The van der Waals surface area contributed by atoms with Crippen molar-refractivity contribution >= 4 is 11.6 Å². The van der Waals surface area contributed by atoms with Gasteiger partial charge in [0.15, 0.2) is 11.5 Å². The lowest BCUT2D eigenvalue weighted by Crippen LogP contribution is -2.43. The Morgan fingerprint density at radius 2 is 1.79 bits per heavy atom. The van der Waals surface area contributed by atoms with E-state index in [9.17, 15) is 9.90 Å². The molecule has 1 aliphatic heterocycles. The number of ether oxygens (including phenoxy) is 2. The monoisotopic (exact) mass is 388 g/mol. The quantitative estimate of drug-likeness (QED) is 0.778. The fraction of sp³-hybridized carbons (Fsp3) is 0.682. The summed E-state index contributed by atoms with van der Waals surface area (Å²) in [5, 5.41) is 12.4. The second-order valence-electron chi connectivity index (χ2n) is 8.37. The Hall–Kier alpha value is -1.79. The molecule has 28 heavy (non-hydrogen) atoms. The molecule has 1 aromatic rings. The van der Waals surface area contributed by atoms with Crippen LogP contribution < -0.4 is 14.8 Å². The van der Waals surface area contributed by atoms with Crippen molar-refractivity contribution in [1.29, 1.82) is 0 Å². The number of benzene rings is 1. The molecule has 1 spiro atoms. The summed E-state index contributed by atoms with van der Waals surface area (Å²) < 4.78 is 12.3. The number of aliphatic hydroxyl groups is 1. The minimum Gasteiger partial charge on any atom is -0.448 e. The molecule has 154 valence electrons. The van der Waals surface area contributed by atoms with Gasteiger partial charge in [0, 0.05) is 37.2 Å². The summed E-state index contributed by atoms with van der Waals surface area (Å²) in [4.78, 5) is 14.8. The van der Waals surface area contributed by atoms with Crippen LogP contribution in [0.15, 0.2) is 18.2 Å². The maximum absolute atomic E-state index is 12.6. The van der Waals surface area contributed by atoms with Crippen LogP contribution in [0.25, 0.3) is 0 Å². The maximum Gasteiger partial charge on any atom is 0.251 e. The molecule has 0 unspecified atom stereocenters. The van der Waals surface area contributed by atoms with E-state index in [-0.39, 0.29) is 12.5 Å². The van der Waals surface area contributed by atoms with Gasteiger partial charge in [0.25, 0.3) is 5.79 Å². The number of fused-ring (bicyclic) bond motifs is 1.